The van der Waals surface area contributed by atoms with Crippen LogP contribution in [0.2, 0.25) is 0 Å². The van der Waals surface area contributed by atoms with E-state index >= 15 is 0 Å². The van der Waals surface area contributed by atoms with E-state index in [2.05, 4.69) is 47.3 Å². The molecule has 158 valence electrons. The van der Waals surface area contributed by atoms with Crippen molar-refractivity contribution in [3.8, 4) is 0 Å². The molecule has 6 heterocycles. The lowest BCUT2D eigenvalue weighted by atomic mass is 9.75. The van der Waals surface area contributed by atoms with Gasteiger partial charge < -0.3 is 16.0 Å². The highest BCUT2D eigenvalue weighted by molar-refractivity contribution is 7.21. The van der Waals surface area contributed by atoms with E-state index in [0.29, 0.717) is 16.6 Å². The van der Waals surface area contributed by atoms with Gasteiger partial charge in [-0.2, -0.15) is 0 Å². The van der Waals surface area contributed by atoms with Crippen LogP contribution in [0.1, 0.15) is 47.1 Å². The smallest absolute Gasteiger partial charge is 0.263 e. The van der Waals surface area contributed by atoms with Crippen molar-refractivity contribution < 1.29 is 4.79 Å². The Morgan fingerprint density at radius 2 is 2.33 bits per heavy atom. The Hall–Kier alpha value is -1.96. The highest BCUT2D eigenvalue weighted by Crippen LogP contribution is 2.50. The maximum absolute atomic E-state index is 13.3. The number of thiophene rings is 1. The second kappa shape index (κ2) is 6.52. The fourth-order valence-corrected chi connectivity index (χ4v) is 7.35. The molecule has 4 aliphatic heterocycles. The Bertz CT molecular complexity index is 1080. The van der Waals surface area contributed by atoms with E-state index in [1.54, 1.807) is 0 Å². The summed E-state index contributed by atoms with van der Waals surface area (Å²) in [5, 5.41) is 4.25. The molecule has 1 amide bonds. The van der Waals surface area contributed by atoms with Crippen molar-refractivity contribution in [1.82, 2.24) is 20.1 Å². The Balaban J connectivity index is 1.29. The molecule has 4 atom stereocenters. The number of likely N-dealkylation sites (N-methyl/N-ethyl adjacent to an activating group) is 1. The summed E-state index contributed by atoms with van der Waals surface area (Å²) in [5.74, 6) is 0.713. The molecule has 0 aromatic carbocycles. The van der Waals surface area contributed by atoms with E-state index in [4.69, 9.17) is 10.7 Å². The first kappa shape index (κ1) is 18.8. The number of nitrogens with zero attached hydrogens (tertiary/aromatic N) is 3. The van der Waals surface area contributed by atoms with Crippen LogP contribution in [-0.2, 0) is 13.0 Å². The average Bonchev–Trinajstić information content (AvgIpc) is 3.39. The number of fused-ring (bicyclic) bond motifs is 3. The summed E-state index contributed by atoms with van der Waals surface area (Å²) in [4.78, 5) is 24.6. The maximum atomic E-state index is 13.3. The molecular formula is C23H29N5OS. The van der Waals surface area contributed by atoms with E-state index < -0.39 is 0 Å². The van der Waals surface area contributed by atoms with Crippen LogP contribution < -0.4 is 11.1 Å². The number of pyridine rings is 1. The predicted molar refractivity (Wildman–Crippen MR) is 121 cm³/mol. The fourth-order valence-electron chi connectivity index (χ4n) is 6.35. The first-order valence-corrected chi connectivity index (χ1v) is 11.9. The molecule has 0 saturated carbocycles. The highest BCUT2D eigenvalue weighted by Gasteiger charge is 2.56. The Kier molecular flexibility index (Phi) is 4.08. The van der Waals surface area contributed by atoms with Crippen molar-refractivity contribution in [3.63, 3.8) is 0 Å². The molecule has 6 rings (SSSR count). The second-order valence-electron chi connectivity index (χ2n) is 9.74. The van der Waals surface area contributed by atoms with Crippen LogP contribution in [0.25, 0.3) is 10.2 Å². The van der Waals surface area contributed by atoms with Gasteiger partial charge in [0.1, 0.15) is 9.71 Å². The summed E-state index contributed by atoms with van der Waals surface area (Å²) in [6.45, 7) is 5.25. The van der Waals surface area contributed by atoms with E-state index in [9.17, 15) is 4.79 Å². The van der Waals surface area contributed by atoms with Crippen molar-refractivity contribution in [1.29, 1.82) is 0 Å². The minimum atomic E-state index is -0.0532. The molecule has 4 aliphatic rings. The van der Waals surface area contributed by atoms with E-state index in [1.165, 1.54) is 36.3 Å². The van der Waals surface area contributed by atoms with Gasteiger partial charge in [0.05, 0.1) is 5.69 Å². The number of aromatic nitrogens is 1. The van der Waals surface area contributed by atoms with Crippen LogP contribution >= 0.6 is 11.3 Å². The second-order valence-corrected chi connectivity index (χ2v) is 10.7. The van der Waals surface area contributed by atoms with Gasteiger partial charge in [0.2, 0.25) is 0 Å². The van der Waals surface area contributed by atoms with Gasteiger partial charge in [-0.3, -0.25) is 9.69 Å². The molecule has 2 aromatic rings. The Labute approximate surface area is 181 Å². The lowest BCUT2D eigenvalue weighted by Gasteiger charge is -2.49. The van der Waals surface area contributed by atoms with E-state index in [-0.39, 0.29) is 17.5 Å². The lowest BCUT2D eigenvalue weighted by molar-refractivity contribution is 0.0539. The van der Waals surface area contributed by atoms with Gasteiger partial charge in [-0.15, -0.1) is 11.3 Å². The van der Waals surface area contributed by atoms with Crippen LogP contribution in [0.4, 0.5) is 5.69 Å². The molecule has 2 saturated heterocycles. The molecule has 2 unspecified atom stereocenters. The summed E-state index contributed by atoms with van der Waals surface area (Å²) in [6, 6.07) is 2.79. The van der Waals surface area contributed by atoms with Gasteiger partial charge in [0, 0.05) is 54.8 Å². The third-order valence-corrected chi connectivity index (χ3v) is 9.01. The maximum Gasteiger partial charge on any atom is 0.263 e. The monoisotopic (exact) mass is 423 g/mol. The van der Waals surface area contributed by atoms with Gasteiger partial charge in [0.25, 0.3) is 5.91 Å². The van der Waals surface area contributed by atoms with Crippen LogP contribution in [0.3, 0.4) is 0 Å². The molecule has 2 fully saturated rings. The fraction of sp³-hybridized carbons (Fsp3) is 0.565. The number of piperidine rings is 1. The molecule has 30 heavy (non-hydrogen) atoms. The molecule has 0 spiro atoms. The van der Waals surface area contributed by atoms with Crippen LogP contribution in [0, 0.1) is 5.92 Å². The first-order chi connectivity index (χ1) is 14.4. The standard InChI is InChI=1S/C23H29N5OS/c1-13(23-6-3-4-16-8-14(10-23)11-28(16)23)25-21(29)20-19(24)17-9-15-12-27(2)7-5-18(15)26-22(17)30-20/h3-4,9,13-14,16H,5-8,10-12,24H2,1-2H3,(H,25,29)/t13?,14-,16?,23-/m0/s1. The summed E-state index contributed by atoms with van der Waals surface area (Å²) in [6.07, 6.45) is 9.11. The number of anilines is 1. The largest absolute Gasteiger partial charge is 0.397 e. The number of rotatable bonds is 3. The van der Waals surface area contributed by atoms with E-state index in [0.717, 1.165) is 47.8 Å². The van der Waals surface area contributed by atoms with Crippen molar-refractivity contribution in [2.24, 2.45) is 5.92 Å². The number of carbonyl (C=O) groups excluding carboxylic acids is 1. The van der Waals surface area contributed by atoms with Gasteiger partial charge in [-0.25, -0.2) is 4.98 Å². The van der Waals surface area contributed by atoms with Gasteiger partial charge in [0.15, 0.2) is 0 Å². The molecule has 7 heteroatoms. The number of hydrogen-bond acceptors (Lipinski definition) is 6. The van der Waals surface area contributed by atoms with Crippen molar-refractivity contribution in [3.05, 3.63) is 34.4 Å². The minimum absolute atomic E-state index is 0.0532. The molecule has 0 aliphatic carbocycles. The van der Waals surface area contributed by atoms with Crippen LogP contribution in [0.15, 0.2) is 18.2 Å². The molecule has 0 radical (unpaired) electrons. The molecule has 2 bridgehead atoms. The zero-order valence-electron chi connectivity index (χ0n) is 17.6. The number of carbonyl (C=O) groups is 1. The summed E-state index contributed by atoms with van der Waals surface area (Å²) < 4.78 is 0. The zero-order chi connectivity index (χ0) is 20.6. The summed E-state index contributed by atoms with van der Waals surface area (Å²) >= 11 is 1.44. The third kappa shape index (κ3) is 2.61. The quantitative estimate of drug-likeness (QED) is 0.743. The molecule has 2 aromatic heterocycles. The molecule has 6 nitrogen and oxygen atoms in total. The predicted octanol–water partition coefficient (Wildman–Crippen LogP) is 2.78. The molecule has 3 N–H and O–H groups in total. The normalized spacial score (nSPS) is 31.3. The van der Waals surface area contributed by atoms with Gasteiger partial charge >= 0.3 is 0 Å². The van der Waals surface area contributed by atoms with Crippen LogP contribution in [0.5, 0.6) is 0 Å². The van der Waals surface area contributed by atoms with Gasteiger partial charge in [-0.1, -0.05) is 12.2 Å². The highest BCUT2D eigenvalue weighted by atomic mass is 32.1. The number of nitrogen functional groups attached to an aromatic ring is 1. The summed E-state index contributed by atoms with van der Waals surface area (Å²) in [7, 11) is 2.13. The topological polar surface area (TPSA) is 74.5 Å². The van der Waals surface area contributed by atoms with Crippen LogP contribution in [-0.4, -0.2) is 58.5 Å². The third-order valence-electron chi connectivity index (χ3n) is 7.89. The van der Waals surface area contributed by atoms with Crippen molar-refractivity contribution in [2.75, 3.05) is 25.9 Å². The number of amides is 1. The van der Waals surface area contributed by atoms with Crippen molar-refractivity contribution in [2.45, 2.75) is 56.8 Å². The summed E-state index contributed by atoms with van der Waals surface area (Å²) in [5.41, 5.74) is 9.49. The Morgan fingerprint density at radius 3 is 3.17 bits per heavy atom. The SMILES string of the molecule is CC(NC(=O)c1sc2nc3c(cc2c1N)CN(C)CC3)[C@@]12CC=CC3C[C@H](CN31)C2. The first-order valence-electron chi connectivity index (χ1n) is 11.1. The van der Waals surface area contributed by atoms with Crippen molar-refractivity contribution >= 4 is 33.1 Å². The Morgan fingerprint density at radius 1 is 1.47 bits per heavy atom. The zero-order valence-corrected chi connectivity index (χ0v) is 18.5. The molecular weight excluding hydrogens is 394 g/mol. The minimum Gasteiger partial charge on any atom is -0.397 e. The van der Waals surface area contributed by atoms with E-state index in [1.807, 2.05) is 0 Å². The van der Waals surface area contributed by atoms with Gasteiger partial charge in [-0.05, 0) is 50.8 Å². The number of nitrogens with one attached hydrogen (secondary N) is 1. The lowest BCUT2D eigenvalue weighted by Crippen LogP contribution is -2.62. The number of nitrogens with two attached hydrogens (primary N) is 1. The number of hydrogen-bond donors (Lipinski definition) is 2. The average molecular weight is 424 g/mol.